The molecule has 3 rings (SSSR count). The Bertz CT molecular complexity index is 545. The Morgan fingerprint density at radius 2 is 2.00 bits per heavy atom. The molecule has 0 aliphatic carbocycles. The molecule has 2 aromatic rings. The smallest absolute Gasteiger partial charge is 0.153 e. The van der Waals surface area contributed by atoms with Crippen molar-refractivity contribution in [2.75, 3.05) is 0 Å². The van der Waals surface area contributed by atoms with Crippen molar-refractivity contribution < 1.29 is 4.74 Å². The predicted octanol–water partition coefficient (Wildman–Crippen LogP) is 2.89. The topological polar surface area (TPSA) is 47.6 Å². The van der Waals surface area contributed by atoms with Crippen LogP contribution in [-0.2, 0) is 0 Å². The number of rotatable bonds is 0. The van der Waals surface area contributed by atoms with E-state index < -0.39 is 0 Å². The first-order valence-electron chi connectivity index (χ1n) is 4.53. The van der Waals surface area contributed by atoms with Crippen LogP contribution < -0.4 is 10.5 Å². The number of thiophene rings is 1. The van der Waals surface area contributed by atoms with E-state index in [1.165, 1.54) is 11.3 Å². The van der Waals surface area contributed by atoms with E-state index in [4.69, 9.17) is 10.5 Å². The molecule has 74 valence electrons. The van der Waals surface area contributed by atoms with Crippen molar-refractivity contribution in [3.63, 3.8) is 0 Å². The normalized spacial score (nSPS) is 13.2. The molecule has 1 aliphatic rings. The summed E-state index contributed by atoms with van der Waals surface area (Å²) in [5.41, 5.74) is 6.66. The van der Waals surface area contributed by atoms with Crippen molar-refractivity contribution in [1.29, 1.82) is 0 Å². The number of amidine groups is 1. The van der Waals surface area contributed by atoms with Gasteiger partial charge in [0.25, 0.3) is 0 Å². The fourth-order valence-electron chi connectivity index (χ4n) is 1.50. The molecule has 1 aromatic heterocycles. The zero-order chi connectivity index (χ0) is 10.3. The zero-order valence-electron chi connectivity index (χ0n) is 7.81. The first-order chi connectivity index (χ1) is 7.34. The highest BCUT2D eigenvalue weighted by molar-refractivity contribution is 7.12. The Balaban J connectivity index is 2.25. The van der Waals surface area contributed by atoms with Crippen LogP contribution in [-0.4, -0.2) is 5.84 Å². The first kappa shape index (κ1) is 8.49. The number of benzene rings is 1. The van der Waals surface area contributed by atoms with Crippen LogP contribution in [0.3, 0.4) is 0 Å². The van der Waals surface area contributed by atoms with Crippen molar-refractivity contribution in [2.24, 2.45) is 10.7 Å². The SMILES string of the molecule is NC1=Nc2ccccc2Oc2ccsc21. The monoisotopic (exact) mass is 216 g/mol. The Labute approximate surface area is 90.8 Å². The number of fused-ring (bicyclic) bond motifs is 2. The van der Waals surface area contributed by atoms with Gasteiger partial charge in [-0.3, -0.25) is 0 Å². The quantitative estimate of drug-likeness (QED) is 0.736. The Kier molecular flexibility index (Phi) is 1.76. The Morgan fingerprint density at radius 3 is 2.93 bits per heavy atom. The minimum Gasteiger partial charge on any atom is -0.453 e. The van der Waals surface area contributed by atoms with Gasteiger partial charge in [0.2, 0.25) is 0 Å². The van der Waals surface area contributed by atoms with E-state index in [1.807, 2.05) is 35.7 Å². The molecule has 0 bridgehead atoms. The van der Waals surface area contributed by atoms with Gasteiger partial charge in [0, 0.05) is 0 Å². The second kappa shape index (κ2) is 3.10. The molecule has 4 heteroatoms. The molecule has 1 aliphatic heterocycles. The number of hydrogen-bond donors (Lipinski definition) is 1. The number of nitrogens with zero attached hydrogens (tertiary/aromatic N) is 1. The second-order valence-electron chi connectivity index (χ2n) is 3.18. The van der Waals surface area contributed by atoms with Crippen molar-refractivity contribution in [2.45, 2.75) is 0 Å². The van der Waals surface area contributed by atoms with E-state index >= 15 is 0 Å². The molecule has 0 radical (unpaired) electrons. The summed E-state index contributed by atoms with van der Waals surface area (Å²) in [5, 5.41) is 1.95. The van der Waals surface area contributed by atoms with Gasteiger partial charge < -0.3 is 10.5 Å². The maximum absolute atomic E-state index is 5.89. The molecule has 0 atom stereocenters. The number of nitrogens with two attached hydrogens (primary N) is 1. The van der Waals surface area contributed by atoms with Crippen molar-refractivity contribution in [3.8, 4) is 11.5 Å². The van der Waals surface area contributed by atoms with Gasteiger partial charge in [0.1, 0.15) is 22.1 Å². The predicted molar refractivity (Wildman–Crippen MR) is 61.2 cm³/mol. The van der Waals surface area contributed by atoms with Crippen LogP contribution in [0.4, 0.5) is 5.69 Å². The summed E-state index contributed by atoms with van der Waals surface area (Å²) >= 11 is 1.54. The van der Waals surface area contributed by atoms with E-state index in [2.05, 4.69) is 4.99 Å². The summed E-state index contributed by atoms with van der Waals surface area (Å²) in [6.45, 7) is 0. The number of ether oxygens (including phenoxy) is 1. The summed E-state index contributed by atoms with van der Waals surface area (Å²) in [7, 11) is 0. The lowest BCUT2D eigenvalue weighted by Crippen LogP contribution is -2.10. The third kappa shape index (κ3) is 1.30. The van der Waals surface area contributed by atoms with Crippen LogP contribution in [0.2, 0.25) is 0 Å². The van der Waals surface area contributed by atoms with E-state index in [9.17, 15) is 0 Å². The van der Waals surface area contributed by atoms with Crippen molar-refractivity contribution in [3.05, 3.63) is 40.6 Å². The number of para-hydroxylation sites is 2. The fourth-order valence-corrected chi connectivity index (χ4v) is 2.22. The lowest BCUT2D eigenvalue weighted by atomic mass is 10.3. The van der Waals surface area contributed by atoms with Gasteiger partial charge in [0.15, 0.2) is 5.75 Å². The fraction of sp³-hybridized carbons (Fsp3) is 0. The van der Waals surface area contributed by atoms with E-state index in [0.29, 0.717) is 5.84 Å². The largest absolute Gasteiger partial charge is 0.453 e. The van der Waals surface area contributed by atoms with Crippen LogP contribution in [0.25, 0.3) is 0 Å². The van der Waals surface area contributed by atoms with Crippen molar-refractivity contribution >= 4 is 22.9 Å². The van der Waals surface area contributed by atoms with Crippen LogP contribution >= 0.6 is 11.3 Å². The first-order valence-corrected chi connectivity index (χ1v) is 5.41. The average Bonchev–Trinajstić information content (AvgIpc) is 2.64. The van der Waals surface area contributed by atoms with Crippen LogP contribution in [0.5, 0.6) is 11.5 Å². The molecule has 0 saturated heterocycles. The highest BCUT2D eigenvalue weighted by atomic mass is 32.1. The van der Waals surface area contributed by atoms with E-state index in [-0.39, 0.29) is 0 Å². The summed E-state index contributed by atoms with van der Waals surface area (Å²) in [4.78, 5) is 5.23. The highest BCUT2D eigenvalue weighted by Gasteiger charge is 2.16. The minimum absolute atomic E-state index is 0.518. The highest BCUT2D eigenvalue weighted by Crippen LogP contribution is 2.38. The Hall–Kier alpha value is -1.81. The maximum Gasteiger partial charge on any atom is 0.153 e. The van der Waals surface area contributed by atoms with Crippen molar-refractivity contribution in [1.82, 2.24) is 0 Å². The molecule has 0 unspecified atom stereocenters. The standard InChI is InChI=1S/C11H8N2OS/c12-11-10-9(5-6-15-10)14-8-4-2-1-3-7(8)13-11/h1-6H,(H2,12,13). The molecular formula is C11H8N2OS. The zero-order valence-corrected chi connectivity index (χ0v) is 8.62. The van der Waals surface area contributed by atoms with Crippen LogP contribution in [0.1, 0.15) is 4.88 Å². The van der Waals surface area contributed by atoms with Gasteiger partial charge in [-0.15, -0.1) is 11.3 Å². The molecule has 0 amide bonds. The molecule has 0 fully saturated rings. The van der Waals surface area contributed by atoms with Gasteiger partial charge >= 0.3 is 0 Å². The van der Waals surface area contributed by atoms with E-state index in [1.54, 1.807) is 0 Å². The number of aliphatic imine (C=N–C) groups is 1. The lowest BCUT2D eigenvalue weighted by Gasteiger charge is -2.03. The summed E-state index contributed by atoms with van der Waals surface area (Å²) in [6.07, 6.45) is 0. The van der Waals surface area contributed by atoms with Gasteiger partial charge in [-0.25, -0.2) is 4.99 Å². The third-order valence-electron chi connectivity index (χ3n) is 2.19. The summed E-state index contributed by atoms with van der Waals surface area (Å²) < 4.78 is 5.73. The molecule has 3 nitrogen and oxygen atoms in total. The van der Waals surface area contributed by atoms with Gasteiger partial charge in [-0.1, -0.05) is 12.1 Å². The van der Waals surface area contributed by atoms with Gasteiger partial charge in [-0.2, -0.15) is 0 Å². The van der Waals surface area contributed by atoms with Crippen LogP contribution in [0, 0.1) is 0 Å². The molecule has 0 spiro atoms. The molecule has 2 heterocycles. The molecule has 15 heavy (non-hydrogen) atoms. The molecule has 0 saturated carbocycles. The van der Waals surface area contributed by atoms with Gasteiger partial charge in [0.05, 0.1) is 0 Å². The van der Waals surface area contributed by atoms with Crippen LogP contribution in [0.15, 0.2) is 40.7 Å². The molecular weight excluding hydrogens is 208 g/mol. The van der Waals surface area contributed by atoms with Gasteiger partial charge in [-0.05, 0) is 23.6 Å². The third-order valence-corrected chi connectivity index (χ3v) is 3.11. The maximum atomic E-state index is 5.89. The minimum atomic E-state index is 0.518. The lowest BCUT2D eigenvalue weighted by molar-refractivity contribution is 0.487. The molecule has 1 aromatic carbocycles. The summed E-state index contributed by atoms with van der Waals surface area (Å²) in [5.74, 6) is 2.05. The second-order valence-corrected chi connectivity index (χ2v) is 4.10. The Morgan fingerprint density at radius 1 is 1.13 bits per heavy atom. The average molecular weight is 216 g/mol. The number of hydrogen-bond acceptors (Lipinski definition) is 4. The van der Waals surface area contributed by atoms with E-state index in [0.717, 1.165) is 22.1 Å². The molecule has 2 N–H and O–H groups in total. The summed E-state index contributed by atoms with van der Waals surface area (Å²) in [6, 6.07) is 9.52.